The van der Waals surface area contributed by atoms with Gasteiger partial charge in [-0.3, -0.25) is 14.2 Å². The molecule has 3 aromatic rings. The highest BCUT2D eigenvalue weighted by Gasteiger charge is 2.15. The van der Waals surface area contributed by atoms with E-state index in [4.69, 9.17) is 10.5 Å². The lowest BCUT2D eigenvalue weighted by molar-refractivity contribution is 0.112. The van der Waals surface area contributed by atoms with Crippen LogP contribution in [0.5, 0.6) is 5.75 Å². The van der Waals surface area contributed by atoms with Crippen molar-refractivity contribution in [3.8, 4) is 11.4 Å². The minimum Gasteiger partial charge on any atom is -0.457 e. The number of nitrogens with two attached hydrogens (primary N) is 1. The second-order valence-electron chi connectivity index (χ2n) is 5.66. The Morgan fingerprint density at radius 1 is 1.33 bits per heavy atom. The van der Waals surface area contributed by atoms with Crippen LogP contribution in [0.15, 0.2) is 66.2 Å². The first-order chi connectivity index (χ1) is 13.0. The van der Waals surface area contributed by atoms with Gasteiger partial charge in [-0.25, -0.2) is 4.98 Å². The molecule has 2 aromatic heterocycles. The molecule has 6 nitrogen and oxygen atoms in total. The molecule has 3 rings (SSSR count). The number of aromatic nitrogens is 2. The van der Waals surface area contributed by atoms with Crippen LogP contribution in [0.25, 0.3) is 16.0 Å². The molecule has 0 atom stereocenters. The Hall–Kier alpha value is -3.45. The number of allylic oxidation sites excluding steroid dienone is 3. The second-order valence-corrected chi connectivity index (χ2v) is 6.72. The molecule has 2 heterocycles. The minimum absolute atomic E-state index is 0.136. The van der Waals surface area contributed by atoms with Crippen LogP contribution in [0.3, 0.4) is 0 Å². The first-order valence-electron chi connectivity index (χ1n) is 7.99. The molecule has 1 aromatic carbocycles. The minimum atomic E-state index is -0.460. The van der Waals surface area contributed by atoms with E-state index in [1.807, 2.05) is 13.0 Å². The number of benzene rings is 1. The van der Waals surface area contributed by atoms with Gasteiger partial charge in [0, 0.05) is 6.07 Å². The van der Waals surface area contributed by atoms with E-state index in [9.17, 15) is 9.59 Å². The molecule has 0 unspecified atom stereocenters. The van der Waals surface area contributed by atoms with E-state index >= 15 is 0 Å². The van der Waals surface area contributed by atoms with Crippen LogP contribution >= 0.6 is 11.3 Å². The van der Waals surface area contributed by atoms with E-state index in [0.717, 1.165) is 11.8 Å². The molecule has 27 heavy (non-hydrogen) atoms. The Balaban J connectivity index is 2.23. The number of fused-ring (bicyclic) bond motifs is 1. The maximum absolute atomic E-state index is 12.7. The summed E-state index contributed by atoms with van der Waals surface area (Å²) in [5, 5.41) is 0. The second kappa shape index (κ2) is 7.43. The maximum Gasteiger partial charge on any atom is 0.298 e. The largest absolute Gasteiger partial charge is 0.457 e. The smallest absolute Gasteiger partial charge is 0.298 e. The monoisotopic (exact) mass is 379 g/mol. The predicted octanol–water partition coefficient (Wildman–Crippen LogP) is 3.79. The number of hydrogen-bond acceptors (Lipinski definition) is 6. The zero-order chi connectivity index (χ0) is 19.6. The zero-order valence-corrected chi connectivity index (χ0v) is 15.5. The third kappa shape index (κ3) is 3.45. The fourth-order valence-corrected chi connectivity index (χ4v) is 3.39. The van der Waals surface area contributed by atoms with Gasteiger partial charge in [0.05, 0.1) is 16.1 Å². The number of aryl methyl sites for hydroxylation is 1. The highest BCUT2D eigenvalue weighted by molar-refractivity contribution is 7.20. The van der Waals surface area contributed by atoms with Gasteiger partial charge in [-0.2, -0.15) is 0 Å². The van der Waals surface area contributed by atoms with Crippen LogP contribution in [0.1, 0.15) is 15.2 Å². The standard InChI is InChI=1S/C20H17N3O3S/c1-4-6-14(5-2)26-17-9-13(8-7-12(17)3)23-16-10-15(11-24)27-19(16)22-18(21)20(23)25/h4-11H,1-2H2,3H3,(H2,21,22)/b14-6+. The van der Waals surface area contributed by atoms with Crippen LogP contribution in [0.2, 0.25) is 0 Å². The van der Waals surface area contributed by atoms with Crippen LogP contribution < -0.4 is 16.0 Å². The maximum atomic E-state index is 12.7. The van der Waals surface area contributed by atoms with Crippen molar-refractivity contribution in [2.24, 2.45) is 0 Å². The van der Waals surface area contributed by atoms with Gasteiger partial charge < -0.3 is 10.5 Å². The Morgan fingerprint density at radius 3 is 2.78 bits per heavy atom. The van der Waals surface area contributed by atoms with E-state index in [1.165, 1.54) is 15.9 Å². The van der Waals surface area contributed by atoms with Crippen LogP contribution in [0, 0.1) is 6.92 Å². The van der Waals surface area contributed by atoms with E-state index in [-0.39, 0.29) is 5.82 Å². The summed E-state index contributed by atoms with van der Waals surface area (Å²) in [6.45, 7) is 9.25. The zero-order valence-electron chi connectivity index (χ0n) is 14.6. The third-order valence-electron chi connectivity index (χ3n) is 3.85. The van der Waals surface area contributed by atoms with Crippen LogP contribution in [-0.2, 0) is 0 Å². The number of thiophene rings is 1. The molecule has 7 heteroatoms. The molecular formula is C20H17N3O3S. The molecule has 0 fully saturated rings. The number of nitrogen functional groups attached to an aromatic ring is 1. The topological polar surface area (TPSA) is 87.2 Å². The lowest BCUT2D eigenvalue weighted by Gasteiger charge is -2.13. The van der Waals surface area contributed by atoms with Gasteiger partial charge in [-0.15, -0.1) is 11.3 Å². The Kier molecular flexibility index (Phi) is 5.05. The first-order valence-corrected chi connectivity index (χ1v) is 8.81. The number of anilines is 1. The lowest BCUT2D eigenvalue weighted by atomic mass is 10.2. The summed E-state index contributed by atoms with van der Waals surface area (Å²) >= 11 is 1.17. The third-order valence-corrected chi connectivity index (χ3v) is 4.80. The number of aldehydes is 1. The van der Waals surface area contributed by atoms with Gasteiger partial charge in [-0.1, -0.05) is 25.3 Å². The Morgan fingerprint density at radius 2 is 2.11 bits per heavy atom. The molecule has 0 aliphatic rings. The summed E-state index contributed by atoms with van der Waals surface area (Å²) in [5.41, 5.74) is 7.28. The average molecular weight is 379 g/mol. The highest BCUT2D eigenvalue weighted by atomic mass is 32.1. The molecule has 0 bridgehead atoms. The van der Waals surface area contributed by atoms with Crippen molar-refractivity contribution in [1.29, 1.82) is 0 Å². The quantitative estimate of drug-likeness (QED) is 0.400. The summed E-state index contributed by atoms with van der Waals surface area (Å²) in [5.74, 6) is 0.945. The lowest BCUT2D eigenvalue weighted by Crippen LogP contribution is -2.23. The van der Waals surface area contributed by atoms with E-state index in [0.29, 0.717) is 32.4 Å². The van der Waals surface area contributed by atoms with Gasteiger partial charge in [0.2, 0.25) is 0 Å². The number of nitrogens with zero attached hydrogens (tertiary/aromatic N) is 2. The number of hydrogen-bond donors (Lipinski definition) is 1. The van der Waals surface area contributed by atoms with Gasteiger partial charge in [0.25, 0.3) is 5.56 Å². The molecule has 136 valence electrons. The van der Waals surface area contributed by atoms with E-state index < -0.39 is 5.56 Å². The highest BCUT2D eigenvalue weighted by Crippen LogP contribution is 2.28. The molecule has 0 aliphatic heterocycles. The van der Waals surface area contributed by atoms with Gasteiger partial charge >= 0.3 is 0 Å². The summed E-state index contributed by atoms with van der Waals surface area (Å²) < 4.78 is 7.29. The van der Waals surface area contributed by atoms with Gasteiger partial charge in [0.15, 0.2) is 12.1 Å². The molecule has 0 spiro atoms. The average Bonchev–Trinajstić information content (AvgIpc) is 3.06. The Labute approximate surface area is 159 Å². The SMILES string of the molecule is C=C/C=C(\C=C)Oc1cc(-n2c(=O)c(N)nc3sc(C=O)cc32)ccc1C. The summed E-state index contributed by atoms with van der Waals surface area (Å²) in [6, 6.07) is 6.97. The van der Waals surface area contributed by atoms with Crippen molar-refractivity contribution < 1.29 is 9.53 Å². The molecule has 0 aliphatic carbocycles. The Bertz CT molecular complexity index is 1160. The van der Waals surface area contributed by atoms with Crippen molar-refractivity contribution in [2.45, 2.75) is 6.92 Å². The molecule has 0 saturated carbocycles. The molecule has 0 radical (unpaired) electrons. The fourth-order valence-electron chi connectivity index (χ4n) is 2.55. The molecule has 0 saturated heterocycles. The van der Waals surface area contributed by atoms with Crippen molar-refractivity contribution in [1.82, 2.24) is 9.55 Å². The van der Waals surface area contributed by atoms with Gasteiger partial charge in [-0.05, 0) is 36.8 Å². The van der Waals surface area contributed by atoms with Crippen LogP contribution in [0.4, 0.5) is 5.82 Å². The fraction of sp³-hybridized carbons (Fsp3) is 0.0500. The normalized spacial score (nSPS) is 11.4. The van der Waals surface area contributed by atoms with Gasteiger partial charge in [0.1, 0.15) is 16.3 Å². The van der Waals surface area contributed by atoms with Crippen molar-refractivity contribution in [3.63, 3.8) is 0 Å². The van der Waals surface area contributed by atoms with Crippen molar-refractivity contribution >= 4 is 33.8 Å². The van der Waals surface area contributed by atoms with E-state index in [2.05, 4.69) is 18.1 Å². The van der Waals surface area contributed by atoms with Crippen molar-refractivity contribution in [3.05, 3.63) is 82.2 Å². The first kappa shape index (κ1) is 18.3. The number of ether oxygens (including phenoxy) is 1. The summed E-state index contributed by atoms with van der Waals surface area (Å²) in [7, 11) is 0. The molecule has 2 N–H and O–H groups in total. The molecule has 0 amide bonds. The predicted molar refractivity (Wildman–Crippen MR) is 109 cm³/mol. The van der Waals surface area contributed by atoms with Crippen LogP contribution in [-0.4, -0.2) is 15.8 Å². The number of carbonyl (C=O) groups excluding carboxylic acids is 1. The number of rotatable bonds is 6. The number of carbonyl (C=O) groups is 1. The van der Waals surface area contributed by atoms with E-state index in [1.54, 1.807) is 36.4 Å². The summed E-state index contributed by atoms with van der Waals surface area (Å²) in [6.07, 6.45) is 5.57. The molecular weight excluding hydrogens is 362 g/mol. The van der Waals surface area contributed by atoms with Crippen molar-refractivity contribution in [2.75, 3.05) is 5.73 Å². The summed E-state index contributed by atoms with van der Waals surface area (Å²) in [4.78, 5) is 28.9.